The third-order valence-corrected chi connectivity index (χ3v) is 3.15. The number of rotatable bonds is 6. The minimum Gasteiger partial charge on any atom is -0.872 e. The van der Waals surface area contributed by atoms with E-state index in [2.05, 4.69) is 6.92 Å². The van der Waals surface area contributed by atoms with Gasteiger partial charge < -0.3 is 14.9 Å². The van der Waals surface area contributed by atoms with Crippen molar-refractivity contribution in [2.45, 2.75) is 19.8 Å². The molecule has 0 aliphatic rings. The number of benzene rings is 2. The molecule has 4 heteroatoms. The van der Waals surface area contributed by atoms with Crippen molar-refractivity contribution in [3.05, 3.63) is 48.0 Å². The van der Waals surface area contributed by atoms with Crippen molar-refractivity contribution in [3.63, 3.8) is 0 Å². The van der Waals surface area contributed by atoms with E-state index < -0.39 is 5.97 Å². The van der Waals surface area contributed by atoms with Crippen LogP contribution in [0.15, 0.2) is 42.5 Å². The Labute approximate surface area is 123 Å². The molecule has 0 amide bonds. The van der Waals surface area contributed by atoms with Gasteiger partial charge in [-0.15, -0.1) is 5.75 Å². The quantitative estimate of drug-likeness (QED) is 0.827. The minimum atomic E-state index is -1.00. The molecule has 2 aromatic carbocycles. The standard InChI is InChI=1S/C17H18O4/c1-2-3-10-21-14-8-9-15(17(19)20)16(11-14)12-4-6-13(18)7-5-12/h4-9,11,18H,2-3,10H2,1H3,(H,19,20)/p-1. The first kappa shape index (κ1) is 14.9. The number of aromatic carboxylic acids is 1. The van der Waals surface area contributed by atoms with Crippen LogP contribution in [0.1, 0.15) is 30.1 Å². The highest BCUT2D eigenvalue weighted by molar-refractivity contribution is 5.96. The zero-order valence-corrected chi connectivity index (χ0v) is 11.8. The van der Waals surface area contributed by atoms with Crippen LogP contribution < -0.4 is 9.84 Å². The van der Waals surface area contributed by atoms with Crippen LogP contribution in [0.25, 0.3) is 11.1 Å². The normalized spacial score (nSPS) is 10.3. The summed E-state index contributed by atoms with van der Waals surface area (Å²) in [6.07, 6.45) is 1.98. The van der Waals surface area contributed by atoms with E-state index in [1.807, 2.05) is 0 Å². The lowest BCUT2D eigenvalue weighted by Gasteiger charge is -2.12. The van der Waals surface area contributed by atoms with Gasteiger partial charge in [0.05, 0.1) is 12.2 Å². The fourth-order valence-electron chi connectivity index (χ4n) is 2.01. The summed E-state index contributed by atoms with van der Waals surface area (Å²) in [4.78, 5) is 11.3. The zero-order valence-electron chi connectivity index (χ0n) is 11.8. The third kappa shape index (κ3) is 3.75. The second-order valence-electron chi connectivity index (χ2n) is 4.74. The molecule has 4 nitrogen and oxygen atoms in total. The van der Waals surface area contributed by atoms with Crippen molar-refractivity contribution in [2.24, 2.45) is 0 Å². The van der Waals surface area contributed by atoms with Gasteiger partial charge in [-0.2, -0.15) is 0 Å². The Morgan fingerprint density at radius 2 is 1.90 bits per heavy atom. The molecule has 0 aliphatic heterocycles. The number of unbranched alkanes of at least 4 members (excludes halogenated alkanes) is 1. The molecule has 110 valence electrons. The molecule has 0 atom stereocenters. The molecule has 0 aromatic heterocycles. The van der Waals surface area contributed by atoms with E-state index in [-0.39, 0.29) is 11.3 Å². The summed E-state index contributed by atoms with van der Waals surface area (Å²) in [6.45, 7) is 2.68. The lowest BCUT2D eigenvalue weighted by molar-refractivity contribution is -0.268. The summed E-state index contributed by atoms with van der Waals surface area (Å²) in [7, 11) is 0. The fraction of sp³-hybridized carbons (Fsp3) is 0.235. The van der Waals surface area contributed by atoms with Crippen LogP contribution in [0, 0.1) is 0 Å². The van der Waals surface area contributed by atoms with Crippen LogP contribution >= 0.6 is 0 Å². The lowest BCUT2D eigenvalue weighted by Crippen LogP contribution is -2.02. The molecular weight excluding hydrogens is 268 g/mol. The van der Waals surface area contributed by atoms with Crippen LogP contribution in [-0.2, 0) is 0 Å². The monoisotopic (exact) mass is 285 g/mol. The minimum absolute atomic E-state index is 0.106. The van der Waals surface area contributed by atoms with E-state index in [0.29, 0.717) is 23.5 Å². The summed E-state index contributed by atoms with van der Waals surface area (Å²) < 4.78 is 5.61. The van der Waals surface area contributed by atoms with Gasteiger partial charge in [0, 0.05) is 0 Å². The highest BCUT2D eigenvalue weighted by Crippen LogP contribution is 2.29. The summed E-state index contributed by atoms with van der Waals surface area (Å²) in [5.74, 6) is -0.475. The largest absolute Gasteiger partial charge is 0.872 e. The van der Waals surface area contributed by atoms with E-state index in [1.165, 1.54) is 18.2 Å². The summed E-state index contributed by atoms with van der Waals surface area (Å²) in [5, 5.41) is 20.5. The highest BCUT2D eigenvalue weighted by Gasteiger charge is 2.12. The maximum atomic E-state index is 11.3. The van der Waals surface area contributed by atoms with Gasteiger partial charge in [0.15, 0.2) is 0 Å². The van der Waals surface area contributed by atoms with Crippen molar-refractivity contribution >= 4 is 5.97 Å². The van der Waals surface area contributed by atoms with Crippen LogP contribution in [0.2, 0.25) is 0 Å². The van der Waals surface area contributed by atoms with E-state index in [9.17, 15) is 15.0 Å². The smallest absolute Gasteiger partial charge is 0.336 e. The first-order valence-electron chi connectivity index (χ1n) is 6.89. The Kier molecular flexibility index (Phi) is 4.82. The van der Waals surface area contributed by atoms with Crippen LogP contribution in [0.4, 0.5) is 0 Å². The second-order valence-corrected chi connectivity index (χ2v) is 4.74. The lowest BCUT2D eigenvalue weighted by atomic mass is 9.99. The topological polar surface area (TPSA) is 69.6 Å². The number of carboxylic acid groups (broad SMARTS) is 1. The number of carboxylic acids is 1. The molecule has 0 unspecified atom stereocenters. The molecule has 2 aromatic rings. The number of hydrogen-bond donors (Lipinski definition) is 1. The van der Waals surface area contributed by atoms with Crippen molar-refractivity contribution in [1.82, 2.24) is 0 Å². The van der Waals surface area contributed by atoms with E-state index in [1.54, 1.807) is 24.3 Å². The molecule has 0 bridgehead atoms. The molecule has 0 aliphatic carbocycles. The molecule has 0 saturated heterocycles. The highest BCUT2D eigenvalue weighted by atomic mass is 16.5. The van der Waals surface area contributed by atoms with Gasteiger partial charge in [-0.1, -0.05) is 37.6 Å². The van der Waals surface area contributed by atoms with Crippen molar-refractivity contribution < 1.29 is 19.7 Å². The number of hydrogen-bond acceptors (Lipinski definition) is 3. The average Bonchev–Trinajstić information content (AvgIpc) is 2.48. The Bertz CT molecular complexity index is 617. The fourth-order valence-corrected chi connectivity index (χ4v) is 2.01. The summed E-state index contributed by atoms with van der Waals surface area (Å²) >= 11 is 0. The first-order chi connectivity index (χ1) is 10.1. The molecule has 0 fully saturated rings. The molecule has 2 rings (SSSR count). The van der Waals surface area contributed by atoms with Crippen LogP contribution in [-0.4, -0.2) is 17.7 Å². The average molecular weight is 285 g/mol. The second kappa shape index (κ2) is 6.79. The summed E-state index contributed by atoms with van der Waals surface area (Å²) in [6, 6.07) is 11.0. The number of carbonyl (C=O) groups is 1. The molecule has 0 spiro atoms. The molecule has 0 saturated carbocycles. The SMILES string of the molecule is CCCCOc1ccc(C(=O)O)c(-c2ccc([O-])cc2)c1. The Balaban J connectivity index is 2.37. The first-order valence-corrected chi connectivity index (χ1v) is 6.89. The Morgan fingerprint density at radius 1 is 1.19 bits per heavy atom. The summed E-state index contributed by atoms with van der Waals surface area (Å²) in [5.41, 5.74) is 1.43. The maximum Gasteiger partial charge on any atom is 0.336 e. The van der Waals surface area contributed by atoms with E-state index >= 15 is 0 Å². The maximum absolute atomic E-state index is 11.3. The van der Waals surface area contributed by atoms with Gasteiger partial charge >= 0.3 is 5.97 Å². The van der Waals surface area contributed by atoms with Gasteiger partial charge in [-0.3, -0.25) is 0 Å². The number of ether oxygens (including phenoxy) is 1. The molecule has 21 heavy (non-hydrogen) atoms. The molecular formula is C17H17O4-. The van der Waals surface area contributed by atoms with Gasteiger partial charge in [-0.05, 0) is 35.7 Å². The van der Waals surface area contributed by atoms with Crippen molar-refractivity contribution in [2.75, 3.05) is 6.61 Å². The molecule has 0 radical (unpaired) electrons. The van der Waals surface area contributed by atoms with Crippen LogP contribution in [0.3, 0.4) is 0 Å². The van der Waals surface area contributed by atoms with Crippen molar-refractivity contribution in [1.29, 1.82) is 0 Å². The molecule has 1 N–H and O–H groups in total. The Hall–Kier alpha value is -2.49. The van der Waals surface area contributed by atoms with Gasteiger partial charge in [0.2, 0.25) is 0 Å². The zero-order chi connectivity index (χ0) is 15.2. The van der Waals surface area contributed by atoms with E-state index in [4.69, 9.17) is 4.74 Å². The van der Waals surface area contributed by atoms with Gasteiger partial charge in [0.25, 0.3) is 0 Å². The predicted octanol–water partition coefficient (Wildman–Crippen LogP) is 3.30. The molecule has 0 heterocycles. The van der Waals surface area contributed by atoms with Crippen LogP contribution in [0.5, 0.6) is 11.5 Å². The van der Waals surface area contributed by atoms with E-state index in [0.717, 1.165) is 12.8 Å². The Morgan fingerprint density at radius 3 is 2.52 bits per heavy atom. The predicted molar refractivity (Wildman–Crippen MR) is 78.7 cm³/mol. The van der Waals surface area contributed by atoms with Gasteiger partial charge in [0.1, 0.15) is 5.75 Å². The van der Waals surface area contributed by atoms with Crippen molar-refractivity contribution in [3.8, 4) is 22.6 Å². The van der Waals surface area contributed by atoms with Gasteiger partial charge in [-0.25, -0.2) is 4.79 Å². The third-order valence-electron chi connectivity index (χ3n) is 3.15.